The number of aromatic nitrogens is 1. The second kappa shape index (κ2) is 5.91. The molecule has 1 unspecified atom stereocenters. The number of ether oxygens (including phenoxy) is 1. The Balaban J connectivity index is 2.39. The molecular weight excluding hydrogens is 242 g/mol. The Kier molecular flexibility index (Phi) is 4.24. The van der Waals surface area contributed by atoms with Gasteiger partial charge in [0.05, 0.1) is 19.0 Å². The van der Waals surface area contributed by atoms with Crippen LogP contribution in [-0.4, -0.2) is 30.6 Å². The van der Waals surface area contributed by atoms with Crippen molar-refractivity contribution in [3.8, 4) is 0 Å². The molecule has 0 aliphatic carbocycles. The van der Waals surface area contributed by atoms with Crippen LogP contribution >= 0.6 is 0 Å². The van der Waals surface area contributed by atoms with E-state index in [4.69, 9.17) is 10.5 Å². The zero-order valence-corrected chi connectivity index (χ0v) is 11.6. The standard InChI is InChI=1S/C14H21N3O2/c1-10-6-4-3-5-7-17(10)13-12(14(18)19-2)8-11(15)9-16-13/h8-10H,3-7,15H2,1-2H3. The minimum absolute atomic E-state index is 0.377. The van der Waals surface area contributed by atoms with E-state index < -0.39 is 0 Å². The number of nitrogens with two attached hydrogens (primary N) is 1. The first-order valence-corrected chi connectivity index (χ1v) is 6.74. The number of rotatable bonds is 2. The summed E-state index contributed by atoms with van der Waals surface area (Å²) in [6.07, 6.45) is 6.28. The van der Waals surface area contributed by atoms with Crippen molar-refractivity contribution in [3.63, 3.8) is 0 Å². The number of esters is 1. The number of hydrogen-bond donors (Lipinski definition) is 1. The highest BCUT2D eigenvalue weighted by Crippen LogP contribution is 2.27. The Morgan fingerprint density at radius 3 is 3.00 bits per heavy atom. The molecule has 1 aliphatic heterocycles. The van der Waals surface area contributed by atoms with E-state index in [1.54, 1.807) is 12.3 Å². The third-order valence-electron chi connectivity index (χ3n) is 3.62. The van der Waals surface area contributed by atoms with Gasteiger partial charge in [0.25, 0.3) is 0 Å². The second-order valence-corrected chi connectivity index (χ2v) is 5.02. The topological polar surface area (TPSA) is 68.5 Å². The van der Waals surface area contributed by atoms with Crippen molar-refractivity contribution < 1.29 is 9.53 Å². The monoisotopic (exact) mass is 263 g/mol. The average molecular weight is 263 g/mol. The molecule has 5 heteroatoms. The minimum atomic E-state index is -0.383. The van der Waals surface area contributed by atoms with Gasteiger partial charge in [-0.15, -0.1) is 0 Å². The smallest absolute Gasteiger partial charge is 0.341 e. The van der Waals surface area contributed by atoms with E-state index in [1.165, 1.54) is 20.0 Å². The third kappa shape index (κ3) is 2.97. The average Bonchev–Trinajstić information content (AvgIpc) is 2.62. The third-order valence-corrected chi connectivity index (χ3v) is 3.62. The van der Waals surface area contributed by atoms with Crippen LogP contribution in [0.4, 0.5) is 11.5 Å². The summed E-state index contributed by atoms with van der Waals surface area (Å²) in [4.78, 5) is 18.4. The largest absolute Gasteiger partial charge is 0.465 e. The van der Waals surface area contributed by atoms with Gasteiger partial charge in [-0.25, -0.2) is 9.78 Å². The summed E-state index contributed by atoms with van der Waals surface area (Å²) in [6, 6.07) is 2.02. The molecule has 1 fully saturated rings. The SMILES string of the molecule is COC(=O)c1cc(N)cnc1N1CCCCCC1C. The van der Waals surface area contributed by atoms with Gasteiger partial charge in [0.2, 0.25) is 0 Å². The predicted molar refractivity (Wildman–Crippen MR) is 75.3 cm³/mol. The van der Waals surface area contributed by atoms with Crippen LogP contribution in [0.25, 0.3) is 0 Å². The first-order valence-electron chi connectivity index (χ1n) is 6.74. The van der Waals surface area contributed by atoms with E-state index >= 15 is 0 Å². The maximum absolute atomic E-state index is 11.9. The van der Waals surface area contributed by atoms with Crippen LogP contribution in [0.15, 0.2) is 12.3 Å². The number of anilines is 2. The molecule has 2 N–H and O–H groups in total. The van der Waals surface area contributed by atoms with Crippen molar-refractivity contribution >= 4 is 17.5 Å². The normalized spacial score (nSPS) is 19.9. The molecule has 1 saturated heterocycles. The van der Waals surface area contributed by atoms with Crippen molar-refractivity contribution in [2.75, 3.05) is 24.3 Å². The summed E-state index contributed by atoms with van der Waals surface area (Å²) < 4.78 is 4.83. The molecule has 2 heterocycles. The van der Waals surface area contributed by atoms with Gasteiger partial charge < -0.3 is 15.4 Å². The molecule has 0 amide bonds. The van der Waals surface area contributed by atoms with Crippen LogP contribution in [0.3, 0.4) is 0 Å². The fraction of sp³-hybridized carbons (Fsp3) is 0.571. The number of carbonyl (C=O) groups is 1. The van der Waals surface area contributed by atoms with E-state index in [2.05, 4.69) is 16.8 Å². The lowest BCUT2D eigenvalue weighted by Crippen LogP contribution is -2.34. The molecule has 19 heavy (non-hydrogen) atoms. The van der Waals surface area contributed by atoms with E-state index in [-0.39, 0.29) is 5.97 Å². The molecule has 0 radical (unpaired) electrons. The Morgan fingerprint density at radius 1 is 1.47 bits per heavy atom. The number of nitrogen functional groups attached to an aromatic ring is 1. The van der Waals surface area contributed by atoms with Crippen LogP contribution in [0.5, 0.6) is 0 Å². The number of methoxy groups -OCH3 is 1. The fourth-order valence-electron chi connectivity index (χ4n) is 2.55. The zero-order chi connectivity index (χ0) is 13.8. The lowest BCUT2D eigenvalue weighted by molar-refractivity contribution is 0.0601. The van der Waals surface area contributed by atoms with Gasteiger partial charge in [0.15, 0.2) is 0 Å². The van der Waals surface area contributed by atoms with Crippen LogP contribution < -0.4 is 10.6 Å². The van der Waals surface area contributed by atoms with Gasteiger partial charge in [0, 0.05) is 12.6 Å². The molecule has 1 aromatic rings. The zero-order valence-electron chi connectivity index (χ0n) is 11.6. The van der Waals surface area contributed by atoms with Crippen molar-refractivity contribution in [2.45, 2.75) is 38.6 Å². The quantitative estimate of drug-likeness (QED) is 0.829. The molecule has 104 valence electrons. The predicted octanol–water partition coefficient (Wildman–Crippen LogP) is 2.22. The molecule has 0 aromatic carbocycles. The molecule has 0 bridgehead atoms. The fourth-order valence-corrected chi connectivity index (χ4v) is 2.55. The van der Waals surface area contributed by atoms with Crippen LogP contribution in [0.2, 0.25) is 0 Å². The Hall–Kier alpha value is -1.78. The highest BCUT2D eigenvalue weighted by Gasteiger charge is 2.24. The van der Waals surface area contributed by atoms with Gasteiger partial charge in [-0.05, 0) is 25.8 Å². The van der Waals surface area contributed by atoms with Crippen molar-refractivity contribution in [1.29, 1.82) is 0 Å². The summed E-state index contributed by atoms with van der Waals surface area (Å²) in [5.41, 5.74) is 6.66. The Labute approximate surface area is 113 Å². The number of pyridine rings is 1. The van der Waals surface area contributed by atoms with E-state index in [0.29, 0.717) is 23.1 Å². The summed E-state index contributed by atoms with van der Waals surface area (Å²) >= 11 is 0. The van der Waals surface area contributed by atoms with Gasteiger partial charge >= 0.3 is 5.97 Å². The summed E-state index contributed by atoms with van der Waals surface area (Å²) in [5, 5.41) is 0. The molecule has 2 rings (SSSR count). The highest BCUT2D eigenvalue weighted by atomic mass is 16.5. The van der Waals surface area contributed by atoms with Gasteiger partial charge in [-0.2, -0.15) is 0 Å². The number of carbonyl (C=O) groups excluding carboxylic acids is 1. The second-order valence-electron chi connectivity index (χ2n) is 5.02. The maximum atomic E-state index is 11.9. The van der Waals surface area contributed by atoms with E-state index in [1.807, 2.05) is 0 Å². The Morgan fingerprint density at radius 2 is 2.26 bits per heavy atom. The molecule has 1 aliphatic rings. The Bertz CT molecular complexity index is 462. The molecular formula is C14H21N3O2. The summed E-state index contributed by atoms with van der Waals surface area (Å²) in [7, 11) is 1.38. The minimum Gasteiger partial charge on any atom is -0.465 e. The molecule has 5 nitrogen and oxygen atoms in total. The van der Waals surface area contributed by atoms with Crippen LogP contribution in [0.1, 0.15) is 43.0 Å². The van der Waals surface area contributed by atoms with Crippen molar-refractivity contribution in [1.82, 2.24) is 4.98 Å². The van der Waals surface area contributed by atoms with Crippen molar-refractivity contribution in [2.24, 2.45) is 0 Å². The van der Waals surface area contributed by atoms with Crippen LogP contribution in [0, 0.1) is 0 Å². The maximum Gasteiger partial charge on any atom is 0.341 e. The molecule has 1 atom stereocenters. The lowest BCUT2D eigenvalue weighted by atomic mass is 10.1. The first kappa shape index (κ1) is 13.6. The highest BCUT2D eigenvalue weighted by molar-refractivity contribution is 5.95. The lowest BCUT2D eigenvalue weighted by Gasteiger charge is -2.29. The van der Waals surface area contributed by atoms with Gasteiger partial charge in [-0.3, -0.25) is 0 Å². The van der Waals surface area contributed by atoms with E-state index in [0.717, 1.165) is 19.4 Å². The molecule has 0 saturated carbocycles. The van der Waals surface area contributed by atoms with Crippen LogP contribution in [-0.2, 0) is 4.74 Å². The summed E-state index contributed by atoms with van der Waals surface area (Å²) in [5.74, 6) is 0.307. The van der Waals surface area contributed by atoms with Gasteiger partial charge in [0.1, 0.15) is 11.4 Å². The van der Waals surface area contributed by atoms with Gasteiger partial charge in [-0.1, -0.05) is 12.8 Å². The summed E-state index contributed by atoms with van der Waals surface area (Å²) in [6.45, 7) is 3.09. The molecule has 1 aromatic heterocycles. The van der Waals surface area contributed by atoms with E-state index in [9.17, 15) is 4.79 Å². The first-order chi connectivity index (χ1) is 9.13. The number of nitrogens with zero attached hydrogens (tertiary/aromatic N) is 2. The molecule has 0 spiro atoms. The van der Waals surface area contributed by atoms with Crippen molar-refractivity contribution in [3.05, 3.63) is 17.8 Å². The number of hydrogen-bond acceptors (Lipinski definition) is 5.